The van der Waals surface area contributed by atoms with E-state index in [9.17, 15) is 4.79 Å². The molecule has 2 aromatic rings. The van der Waals surface area contributed by atoms with Crippen LogP contribution >= 0.6 is 15.9 Å². The molecular weight excluding hydrogens is 404 g/mol. The quantitative estimate of drug-likeness (QED) is 0.628. The van der Waals surface area contributed by atoms with Crippen molar-refractivity contribution in [3.8, 4) is 5.75 Å². The molecule has 0 atom stereocenters. The van der Waals surface area contributed by atoms with Crippen molar-refractivity contribution in [1.82, 2.24) is 4.90 Å². The molecule has 0 N–H and O–H groups in total. The molecule has 0 saturated carbocycles. The van der Waals surface area contributed by atoms with Crippen LogP contribution in [0.3, 0.4) is 0 Å². The van der Waals surface area contributed by atoms with Gasteiger partial charge in [-0.15, -0.1) is 0 Å². The van der Waals surface area contributed by atoms with Crippen LogP contribution in [0.25, 0.3) is 0 Å². The first kappa shape index (κ1) is 19.7. The van der Waals surface area contributed by atoms with Crippen LogP contribution in [-0.4, -0.2) is 43.6 Å². The van der Waals surface area contributed by atoms with Gasteiger partial charge in [-0.05, 0) is 55.7 Å². The van der Waals surface area contributed by atoms with Crippen molar-refractivity contribution in [2.24, 2.45) is 0 Å². The Balaban J connectivity index is 1.41. The fourth-order valence-corrected chi connectivity index (χ4v) is 3.78. The highest BCUT2D eigenvalue weighted by molar-refractivity contribution is 9.10. The Labute approximate surface area is 170 Å². The van der Waals surface area contributed by atoms with Gasteiger partial charge in [-0.3, -0.25) is 4.79 Å². The van der Waals surface area contributed by atoms with Crippen molar-refractivity contribution >= 4 is 27.5 Å². The van der Waals surface area contributed by atoms with Gasteiger partial charge >= 0.3 is 0 Å². The Bertz CT molecular complexity index is 786. The number of rotatable bonds is 6. The van der Waals surface area contributed by atoms with Gasteiger partial charge in [0, 0.05) is 42.8 Å². The van der Waals surface area contributed by atoms with Crippen LogP contribution in [0.2, 0.25) is 0 Å². The topological polar surface area (TPSA) is 32.8 Å². The number of carbonyl (C=O) groups excluding carboxylic acids is 1. The maximum Gasteiger partial charge on any atom is 0.222 e. The number of amides is 1. The Hall–Kier alpha value is -2.01. The summed E-state index contributed by atoms with van der Waals surface area (Å²) in [5.41, 5.74) is 3.95. The first-order valence-electron chi connectivity index (χ1n) is 9.52. The number of benzene rings is 2. The number of aryl methyl sites for hydroxylation is 1. The number of anilines is 1. The van der Waals surface area contributed by atoms with Gasteiger partial charge in [-0.2, -0.15) is 0 Å². The molecule has 1 saturated heterocycles. The zero-order chi connectivity index (χ0) is 19.2. The molecule has 1 amide bonds. The van der Waals surface area contributed by atoms with E-state index in [-0.39, 0.29) is 5.91 Å². The summed E-state index contributed by atoms with van der Waals surface area (Å²) in [6.07, 6.45) is 1.28. The first-order valence-corrected chi connectivity index (χ1v) is 10.3. The van der Waals surface area contributed by atoms with Crippen molar-refractivity contribution in [3.05, 3.63) is 58.1 Å². The fraction of sp³-hybridized carbons (Fsp3) is 0.409. The molecule has 3 rings (SSSR count). The maximum absolute atomic E-state index is 12.5. The molecule has 5 heteroatoms. The third-order valence-electron chi connectivity index (χ3n) is 5.15. The minimum atomic E-state index is 0.230. The van der Waals surface area contributed by atoms with E-state index in [2.05, 4.69) is 52.9 Å². The van der Waals surface area contributed by atoms with Crippen LogP contribution in [0.15, 0.2) is 46.9 Å². The zero-order valence-electron chi connectivity index (χ0n) is 16.1. The Morgan fingerprint density at radius 3 is 2.56 bits per heavy atom. The van der Waals surface area contributed by atoms with Crippen molar-refractivity contribution < 1.29 is 9.53 Å². The van der Waals surface area contributed by atoms with Gasteiger partial charge in [-0.25, -0.2) is 0 Å². The van der Waals surface area contributed by atoms with Crippen molar-refractivity contribution in [2.45, 2.75) is 26.7 Å². The number of carbonyl (C=O) groups is 1. The number of halogens is 1. The maximum atomic E-state index is 12.5. The molecule has 1 aliphatic rings. The van der Waals surface area contributed by atoms with Crippen LogP contribution in [0, 0.1) is 13.8 Å². The van der Waals surface area contributed by atoms with Gasteiger partial charge in [0.25, 0.3) is 0 Å². The molecule has 0 radical (unpaired) electrons. The monoisotopic (exact) mass is 430 g/mol. The molecule has 0 spiro atoms. The van der Waals surface area contributed by atoms with E-state index in [0.29, 0.717) is 13.0 Å². The predicted molar refractivity (Wildman–Crippen MR) is 114 cm³/mol. The Morgan fingerprint density at radius 2 is 1.81 bits per heavy atom. The van der Waals surface area contributed by atoms with Crippen molar-refractivity contribution in [1.29, 1.82) is 0 Å². The molecule has 0 unspecified atom stereocenters. The Kier molecular flexibility index (Phi) is 6.78. The van der Waals surface area contributed by atoms with E-state index in [1.807, 2.05) is 29.2 Å². The van der Waals surface area contributed by atoms with E-state index in [1.165, 1.54) is 16.8 Å². The van der Waals surface area contributed by atoms with Gasteiger partial charge in [0.2, 0.25) is 5.91 Å². The van der Waals surface area contributed by atoms with Gasteiger partial charge in [0.05, 0.1) is 6.61 Å². The zero-order valence-corrected chi connectivity index (χ0v) is 17.7. The minimum Gasteiger partial charge on any atom is -0.494 e. The van der Waals surface area contributed by atoms with Crippen LogP contribution < -0.4 is 9.64 Å². The lowest BCUT2D eigenvalue weighted by atomic mass is 10.1. The van der Waals surface area contributed by atoms with Crippen LogP contribution in [0.4, 0.5) is 5.69 Å². The lowest BCUT2D eigenvalue weighted by Crippen LogP contribution is -2.49. The van der Waals surface area contributed by atoms with E-state index >= 15 is 0 Å². The third-order valence-corrected chi connectivity index (χ3v) is 5.64. The molecule has 1 fully saturated rings. The van der Waals surface area contributed by atoms with E-state index in [0.717, 1.165) is 42.8 Å². The second-order valence-corrected chi connectivity index (χ2v) is 7.91. The highest BCUT2D eigenvalue weighted by Gasteiger charge is 2.21. The second kappa shape index (κ2) is 9.27. The lowest BCUT2D eigenvalue weighted by Gasteiger charge is -2.37. The van der Waals surface area contributed by atoms with Crippen molar-refractivity contribution in [2.75, 3.05) is 37.7 Å². The summed E-state index contributed by atoms with van der Waals surface area (Å²) in [5, 5.41) is 0. The highest BCUT2D eigenvalue weighted by Crippen LogP contribution is 2.24. The molecule has 1 heterocycles. The normalized spacial score (nSPS) is 14.3. The average Bonchev–Trinajstić information content (AvgIpc) is 2.67. The minimum absolute atomic E-state index is 0.230. The SMILES string of the molecule is Cc1cccc(N2CCN(C(=O)CCCOc3cccc(Br)c3)CC2)c1C. The average molecular weight is 431 g/mol. The smallest absolute Gasteiger partial charge is 0.222 e. The summed E-state index contributed by atoms with van der Waals surface area (Å²) >= 11 is 3.43. The van der Waals surface area contributed by atoms with Gasteiger partial charge in [0.1, 0.15) is 5.75 Å². The number of nitrogens with zero attached hydrogens (tertiary/aromatic N) is 2. The molecule has 2 aromatic carbocycles. The summed E-state index contributed by atoms with van der Waals surface area (Å²) in [4.78, 5) is 16.9. The standard InChI is InChI=1S/C22H27BrN2O2/c1-17-6-3-9-21(18(17)2)24-11-13-25(14-12-24)22(26)10-5-15-27-20-8-4-7-19(23)16-20/h3-4,6-9,16H,5,10-15H2,1-2H3. The van der Waals surface area contributed by atoms with Gasteiger partial charge < -0.3 is 14.5 Å². The number of hydrogen-bond acceptors (Lipinski definition) is 3. The number of piperazine rings is 1. The Morgan fingerprint density at radius 1 is 1.07 bits per heavy atom. The molecule has 0 aromatic heterocycles. The molecule has 144 valence electrons. The molecule has 27 heavy (non-hydrogen) atoms. The molecule has 0 aliphatic carbocycles. The molecule has 1 aliphatic heterocycles. The van der Waals surface area contributed by atoms with E-state index < -0.39 is 0 Å². The molecule has 0 bridgehead atoms. The van der Waals surface area contributed by atoms with E-state index in [1.54, 1.807) is 0 Å². The summed E-state index contributed by atoms with van der Waals surface area (Å²) < 4.78 is 6.71. The van der Waals surface area contributed by atoms with Gasteiger partial charge in [0.15, 0.2) is 0 Å². The fourth-order valence-electron chi connectivity index (χ4n) is 3.40. The molecular formula is C22H27BrN2O2. The van der Waals surface area contributed by atoms with Crippen molar-refractivity contribution in [3.63, 3.8) is 0 Å². The van der Waals surface area contributed by atoms with Gasteiger partial charge in [-0.1, -0.05) is 34.1 Å². The summed E-state index contributed by atoms with van der Waals surface area (Å²) in [6, 6.07) is 14.2. The van der Waals surface area contributed by atoms with Crippen LogP contribution in [0.1, 0.15) is 24.0 Å². The number of hydrogen-bond donors (Lipinski definition) is 0. The second-order valence-electron chi connectivity index (χ2n) is 7.00. The predicted octanol–water partition coefficient (Wildman–Crippen LogP) is 4.57. The highest BCUT2D eigenvalue weighted by atomic mass is 79.9. The summed E-state index contributed by atoms with van der Waals surface area (Å²) in [5.74, 6) is 1.06. The third kappa shape index (κ3) is 5.25. The first-order chi connectivity index (χ1) is 13.0. The van der Waals surface area contributed by atoms with Crippen LogP contribution in [-0.2, 0) is 4.79 Å². The van der Waals surface area contributed by atoms with E-state index in [4.69, 9.17) is 4.74 Å². The lowest BCUT2D eigenvalue weighted by molar-refractivity contribution is -0.131. The number of ether oxygens (including phenoxy) is 1. The summed E-state index contributed by atoms with van der Waals surface area (Å²) in [7, 11) is 0. The molecule has 4 nitrogen and oxygen atoms in total. The summed E-state index contributed by atoms with van der Waals surface area (Å²) in [6.45, 7) is 8.25. The largest absolute Gasteiger partial charge is 0.494 e. The van der Waals surface area contributed by atoms with Crippen LogP contribution in [0.5, 0.6) is 5.75 Å².